The summed E-state index contributed by atoms with van der Waals surface area (Å²) in [6.07, 6.45) is -0.482. The van der Waals surface area contributed by atoms with E-state index in [1.54, 1.807) is 32.9 Å². The molecule has 6 heteroatoms. The van der Waals surface area contributed by atoms with Gasteiger partial charge in [0.05, 0.1) is 12.1 Å². The Hall–Kier alpha value is -1.49. The Balaban J connectivity index is 2.39. The van der Waals surface area contributed by atoms with Crippen molar-refractivity contribution >= 4 is 28.7 Å². The van der Waals surface area contributed by atoms with Gasteiger partial charge in [-0.1, -0.05) is 0 Å². The molecule has 0 saturated heterocycles. The van der Waals surface area contributed by atoms with Crippen molar-refractivity contribution in [3.8, 4) is 11.8 Å². The van der Waals surface area contributed by atoms with Gasteiger partial charge in [0.1, 0.15) is 24.0 Å². The van der Waals surface area contributed by atoms with E-state index in [4.69, 9.17) is 14.7 Å². The van der Waals surface area contributed by atoms with E-state index < -0.39 is 11.7 Å². The smallest absolute Gasteiger partial charge is 0.407 e. The summed E-state index contributed by atoms with van der Waals surface area (Å²) in [6.45, 7) is 5.98. The summed E-state index contributed by atoms with van der Waals surface area (Å²) in [6, 6.07) is 7.43. The van der Waals surface area contributed by atoms with E-state index in [1.807, 2.05) is 6.07 Å². The fourth-order valence-corrected chi connectivity index (χ4v) is 1.83. The van der Waals surface area contributed by atoms with Crippen molar-refractivity contribution < 1.29 is 14.3 Å². The minimum atomic E-state index is -0.519. The number of carbonyl (C=O) groups excluding carboxylic acids is 1. The topological polar surface area (TPSA) is 71.3 Å². The molecule has 0 atom stereocenters. The van der Waals surface area contributed by atoms with Gasteiger partial charge >= 0.3 is 6.09 Å². The second-order valence-corrected chi connectivity index (χ2v) is 6.28. The summed E-state index contributed by atoms with van der Waals surface area (Å²) in [5.41, 5.74) is -0.0381. The standard InChI is InChI=1S/C14H17IN2O3/c1-14(2,3)20-13(18)17-6-7-19-12-5-4-11(15)8-10(12)9-16/h4-5,8H,6-7H2,1-3H3,(H,17,18). The molecule has 0 aromatic heterocycles. The molecular weight excluding hydrogens is 371 g/mol. The van der Waals surface area contributed by atoms with Crippen molar-refractivity contribution in [1.82, 2.24) is 5.32 Å². The van der Waals surface area contributed by atoms with Gasteiger partial charge in [-0.3, -0.25) is 0 Å². The Kier molecular flexibility index (Phi) is 6.07. The largest absolute Gasteiger partial charge is 0.490 e. The summed E-state index contributed by atoms with van der Waals surface area (Å²) in [4.78, 5) is 11.4. The van der Waals surface area contributed by atoms with Crippen molar-refractivity contribution in [1.29, 1.82) is 5.26 Å². The third-order valence-corrected chi connectivity index (χ3v) is 2.76. The van der Waals surface area contributed by atoms with Crippen molar-refractivity contribution in [2.45, 2.75) is 26.4 Å². The van der Waals surface area contributed by atoms with E-state index in [-0.39, 0.29) is 6.61 Å². The Morgan fingerprint density at radius 3 is 2.75 bits per heavy atom. The van der Waals surface area contributed by atoms with Crippen LogP contribution in [0.2, 0.25) is 0 Å². The highest BCUT2D eigenvalue weighted by molar-refractivity contribution is 14.1. The number of nitrogens with zero attached hydrogens (tertiary/aromatic N) is 1. The number of halogens is 1. The Labute approximate surface area is 132 Å². The lowest BCUT2D eigenvalue weighted by molar-refractivity contribution is 0.0520. The summed E-state index contributed by atoms with van der Waals surface area (Å²) >= 11 is 2.13. The number of nitriles is 1. The molecule has 1 aromatic rings. The molecule has 0 aliphatic heterocycles. The van der Waals surface area contributed by atoms with Crippen LogP contribution in [0.3, 0.4) is 0 Å². The quantitative estimate of drug-likeness (QED) is 0.636. The van der Waals surface area contributed by atoms with Crippen molar-refractivity contribution in [3.05, 3.63) is 27.3 Å². The van der Waals surface area contributed by atoms with E-state index in [1.165, 1.54) is 0 Å². The van der Waals surface area contributed by atoms with E-state index in [0.29, 0.717) is 17.9 Å². The van der Waals surface area contributed by atoms with Crippen LogP contribution in [-0.4, -0.2) is 24.8 Å². The molecule has 1 amide bonds. The maximum absolute atomic E-state index is 11.4. The third kappa shape index (κ3) is 6.10. The van der Waals surface area contributed by atoms with Gasteiger partial charge in [-0.05, 0) is 61.6 Å². The van der Waals surface area contributed by atoms with E-state index >= 15 is 0 Å². The van der Waals surface area contributed by atoms with Crippen LogP contribution in [-0.2, 0) is 4.74 Å². The molecule has 1 rings (SSSR count). The SMILES string of the molecule is CC(C)(C)OC(=O)NCCOc1ccc(I)cc1C#N. The van der Waals surface area contributed by atoms with Crippen LogP contribution in [0.15, 0.2) is 18.2 Å². The molecular formula is C14H17IN2O3. The van der Waals surface area contributed by atoms with Crippen LogP contribution in [0, 0.1) is 14.9 Å². The fraction of sp³-hybridized carbons (Fsp3) is 0.429. The molecule has 0 aliphatic carbocycles. The lowest BCUT2D eigenvalue weighted by atomic mass is 10.2. The molecule has 0 saturated carbocycles. The summed E-state index contributed by atoms with van der Waals surface area (Å²) in [5, 5.41) is 11.6. The average molecular weight is 388 g/mol. The van der Waals surface area contributed by atoms with Gasteiger partial charge < -0.3 is 14.8 Å². The first-order valence-electron chi connectivity index (χ1n) is 6.11. The first-order chi connectivity index (χ1) is 9.31. The maximum Gasteiger partial charge on any atom is 0.407 e. The number of carbonyl (C=O) groups is 1. The molecule has 1 aromatic carbocycles. The Morgan fingerprint density at radius 1 is 1.45 bits per heavy atom. The minimum absolute atomic E-state index is 0.272. The van der Waals surface area contributed by atoms with Crippen LogP contribution < -0.4 is 10.1 Å². The number of ether oxygens (including phenoxy) is 2. The molecule has 0 bridgehead atoms. The van der Waals surface area contributed by atoms with Gasteiger partial charge in [0.25, 0.3) is 0 Å². The zero-order valence-corrected chi connectivity index (χ0v) is 13.9. The van der Waals surface area contributed by atoms with E-state index in [2.05, 4.69) is 34.0 Å². The lowest BCUT2D eigenvalue weighted by Crippen LogP contribution is -2.34. The number of alkyl carbamates (subject to hydrolysis) is 1. The summed E-state index contributed by atoms with van der Waals surface area (Å²) in [7, 11) is 0. The van der Waals surface area contributed by atoms with Gasteiger partial charge in [0, 0.05) is 3.57 Å². The maximum atomic E-state index is 11.4. The second kappa shape index (κ2) is 7.33. The van der Waals surface area contributed by atoms with Crippen LogP contribution in [0.4, 0.5) is 4.79 Å². The van der Waals surface area contributed by atoms with E-state index in [9.17, 15) is 4.79 Å². The van der Waals surface area contributed by atoms with Crippen LogP contribution in [0.25, 0.3) is 0 Å². The van der Waals surface area contributed by atoms with Crippen molar-refractivity contribution in [3.63, 3.8) is 0 Å². The third-order valence-electron chi connectivity index (χ3n) is 2.09. The molecule has 108 valence electrons. The molecule has 0 spiro atoms. The first-order valence-corrected chi connectivity index (χ1v) is 7.19. The molecule has 0 aliphatic rings. The molecule has 5 nitrogen and oxygen atoms in total. The summed E-state index contributed by atoms with van der Waals surface area (Å²) < 4.78 is 11.5. The first kappa shape index (κ1) is 16.6. The zero-order chi connectivity index (χ0) is 15.2. The van der Waals surface area contributed by atoms with Gasteiger partial charge in [-0.2, -0.15) is 5.26 Å². The second-order valence-electron chi connectivity index (χ2n) is 5.03. The van der Waals surface area contributed by atoms with Crippen LogP contribution in [0.5, 0.6) is 5.75 Å². The highest BCUT2D eigenvalue weighted by Gasteiger charge is 2.15. The highest BCUT2D eigenvalue weighted by Crippen LogP contribution is 2.20. The predicted molar refractivity (Wildman–Crippen MR) is 83.6 cm³/mol. The molecule has 0 fully saturated rings. The molecule has 0 heterocycles. The fourth-order valence-electron chi connectivity index (χ4n) is 1.34. The lowest BCUT2D eigenvalue weighted by Gasteiger charge is -2.19. The molecule has 0 radical (unpaired) electrons. The van der Waals surface area contributed by atoms with Gasteiger partial charge in [0.2, 0.25) is 0 Å². The summed E-state index contributed by atoms with van der Waals surface area (Å²) in [5.74, 6) is 0.513. The predicted octanol–water partition coefficient (Wildman–Crippen LogP) is 3.07. The number of hydrogen-bond donors (Lipinski definition) is 1. The number of rotatable bonds is 4. The highest BCUT2D eigenvalue weighted by atomic mass is 127. The minimum Gasteiger partial charge on any atom is -0.490 e. The number of benzene rings is 1. The van der Waals surface area contributed by atoms with Gasteiger partial charge in [0.15, 0.2) is 0 Å². The van der Waals surface area contributed by atoms with Gasteiger partial charge in [-0.15, -0.1) is 0 Å². The van der Waals surface area contributed by atoms with Gasteiger partial charge in [-0.25, -0.2) is 4.79 Å². The van der Waals surface area contributed by atoms with Crippen LogP contribution >= 0.6 is 22.6 Å². The van der Waals surface area contributed by atoms with Crippen molar-refractivity contribution in [2.24, 2.45) is 0 Å². The van der Waals surface area contributed by atoms with Crippen LogP contribution in [0.1, 0.15) is 26.3 Å². The number of amides is 1. The Morgan fingerprint density at radius 2 is 2.15 bits per heavy atom. The number of nitrogens with one attached hydrogen (secondary N) is 1. The normalized spacial score (nSPS) is 10.6. The monoisotopic (exact) mass is 388 g/mol. The van der Waals surface area contributed by atoms with E-state index in [0.717, 1.165) is 3.57 Å². The Bertz CT molecular complexity index is 518. The zero-order valence-electron chi connectivity index (χ0n) is 11.7. The van der Waals surface area contributed by atoms with Crippen molar-refractivity contribution in [2.75, 3.05) is 13.2 Å². The number of hydrogen-bond acceptors (Lipinski definition) is 4. The molecule has 1 N–H and O–H groups in total. The molecule has 20 heavy (non-hydrogen) atoms. The average Bonchev–Trinajstić information content (AvgIpc) is 2.33. The molecule has 0 unspecified atom stereocenters.